The third-order valence-corrected chi connectivity index (χ3v) is 4.55. The van der Waals surface area contributed by atoms with E-state index in [2.05, 4.69) is 5.32 Å². The van der Waals surface area contributed by atoms with Gasteiger partial charge in [0.15, 0.2) is 0 Å². The van der Waals surface area contributed by atoms with Crippen LogP contribution in [-0.4, -0.2) is 35.0 Å². The Balaban J connectivity index is 1.93. The zero-order valence-electron chi connectivity index (χ0n) is 14.5. The van der Waals surface area contributed by atoms with E-state index < -0.39 is 0 Å². The van der Waals surface area contributed by atoms with Gasteiger partial charge in [0.25, 0.3) is 11.1 Å². The molecule has 0 bridgehead atoms. The van der Waals surface area contributed by atoms with Gasteiger partial charge in [-0.25, -0.2) is 0 Å². The highest BCUT2D eigenvalue weighted by molar-refractivity contribution is 8.18. The number of imide groups is 1. The van der Waals surface area contributed by atoms with Crippen molar-refractivity contribution in [3.63, 3.8) is 0 Å². The molecular weight excluding hydrogens is 360 g/mol. The summed E-state index contributed by atoms with van der Waals surface area (Å²) >= 11 is 6.74. The summed E-state index contributed by atoms with van der Waals surface area (Å²) in [5.74, 6) is -0.425. The second kappa shape index (κ2) is 8.06. The maximum absolute atomic E-state index is 12.4. The van der Waals surface area contributed by atoms with Crippen LogP contribution < -0.4 is 5.32 Å². The van der Waals surface area contributed by atoms with Crippen LogP contribution in [0.25, 0.3) is 6.08 Å². The number of rotatable bonds is 5. The zero-order valence-corrected chi connectivity index (χ0v) is 16.0. The standard InChI is InChI=1S/C18H21ClN2O3S/c1-18(2,3)11-15(22)20-8-9-21-16(23)14(25-17(21)24)10-12-4-6-13(19)7-5-12/h4-7,10H,8-9,11H2,1-3H3,(H,20,22)/b14-10+. The average Bonchev–Trinajstić information content (AvgIpc) is 2.75. The number of thioether (sulfide) groups is 1. The van der Waals surface area contributed by atoms with E-state index in [1.54, 1.807) is 30.3 Å². The summed E-state index contributed by atoms with van der Waals surface area (Å²) < 4.78 is 0. The summed E-state index contributed by atoms with van der Waals surface area (Å²) in [4.78, 5) is 37.7. The molecule has 0 saturated carbocycles. The number of nitrogens with zero attached hydrogens (tertiary/aromatic N) is 1. The van der Waals surface area contributed by atoms with Crippen molar-refractivity contribution in [2.45, 2.75) is 27.2 Å². The lowest BCUT2D eigenvalue weighted by Crippen LogP contribution is -2.38. The topological polar surface area (TPSA) is 66.5 Å². The maximum Gasteiger partial charge on any atom is 0.293 e. The Kier molecular flexibility index (Phi) is 6.30. The van der Waals surface area contributed by atoms with Gasteiger partial charge in [-0.1, -0.05) is 44.5 Å². The van der Waals surface area contributed by atoms with Gasteiger partial charge in [0.05, 0.1) is 4.91 Å². The molecule has 0 spiro atoms. The van der Waals surface area contributed by atoms with E-state index in [1.165, 1.54) is 0 Å². The highest BCUT2D eigenvalue weighted by Crippen LogP contribution is 2.32. The van der Waals surface area contributed by atoms with E-state index in [4.69, 9.17) is 11.6 Å². The van der Waals surface area contributed by atoms with Crippen molar-refractivity contribution in [2.24, 2.45) is 5.41 Å². The van der Waals surface area contributed by atoms with Crippen LogP contribution in [0.5, 0.6) is 0 Å². The van der Waals surface area contributed by atoms with Crippen LogP contribution >= 0.6 is 23.4 Å². The first-order valence-electron chi connectivity index (χ1n) is 7.93. The van der Waals surface area contributed by atoms with Crippen LogP contribution in [-0.2, 0) is 9.59 Å². The number of hydrogen-bond acceptors (Lipinski definition) is 4. The fourth-order valence-corrected chi connectivity index (χ4v) is 3.25. The number of halogens is 1. The van der Waals surface area contributed by atoms with Crippen molar-refractivity contribution < 1.29 is 14.4 Å². The fraction of sp³-hybridized carbons (Fsp3) is 0.389. The molecule has 1 aliphatic heterocycles. The zero-order chi connectivity index (χ0) is 18.6. The van der Waals surface area contributed by atoms with Gasteiger partial charge < -0.3 is 5.32 Å². The van der Waals surface area contributed by atoms with E-state index in [9.17, 15) is 14.4 Å². The van der Waals surface area contributed by atoms with E-state index in [0.29, 0.717) is 16.3 Å². The molecule has 0 radical (unpaired) electrons. The average molecular weight is 381 g/mol. The Morgan fingerprint density at radius 3 is 2.48 bits per heavy atom. The molecule has 1 heterocycles. The number of carbonyl (C=O) groups excluding carboxylic acids is 3. The van der Waals surface area contributed by atoms with Crippen LogP contribution in [0.15, 0.2) is 29.2 Å². The van der Waals surface area contributed by atoms with Crippen LogP contribution in [0, 0.1) is 5.41 Å². The second-order valence-corrected chi connectivity index (χ2v) is 8.40. The summed E-state index contributed by atoms with van der Waals surface area (Å²) in [6.07, 6.45) is 2.06. The van der Waals surface area contributed by atoms with Crippen molar-refractivity contribution in [3.8, 4) is 0 Å². The number of nitrogens with one attached hydrogen (secondary N) is 1. The third kappa shape index (κ3) is 5.90. The van der Waals surface area contributed by atoms with E-state index >= 15 is 0 Å². The van der Waals surface area contributed by atoms with Crippen molar-refractivity contribution in [2.75, 3.05) is 13.1 Å². The van der Waals surface area contributed by atoms with Gasteiger partial charge in [0.2, 0.25) is 5.91 Å². The molecule has 7 heteroatoms. The quantitative estimate of drug-likeness (QED) is 0.786. The maximum atomic E-state index is 12.4. The van der Waals surface area contributed by atoms with Gasteiger partial charge in [0, 0.05) is 24.5 Å². The molecule has 5 nitrogen and oxygen atoms in total. The Morgan fingerprint density at radius 1 is 1.24 bits per heavy atom. The number of benzene rings is 1. The predicted molar refractivity (Wildman–Crippen MR) is 101 cm³/mol. The molecule has 1 N–H and O–H groups in total. The van der Waals surface area contributed by atoms with Gasteiger partial charge in [-0.05, 0) is 40.9 Å². The van der Waals surface area contributed by atoms with Gasteiger partial charge in [-0.15, -0.1) is 0 Å². The predicted octanol–water partition coefficient (Wildman–Crippen LogP) is 3.93. The summed E-state index contributed by atoms with van der Waals surface area (Å²) in [6.45, 7) is 6.35. The van der Waals surface area contributed by atoms with Crippen molar-refractivity contribution in [3.05, 3.63) is 39.8 Å². The largest absolute Gasteiger partial charge is 0.354 e. The second-order valence-electron chi connectivity index (χ2n) is 6.97. The molecule has 25 heavy (non-hydrogen) atoms. The lowest BCUT2D eigenvalue weighted by molar-refractivity contribution is -0.125. The minimum Gasteiger partial charge on any atom is -0.354 e. The summed E-state index contributed by atoms with van der Waals surface area (Å²) in [7, 11) is 0. The highest BCUT2D eigenvalue weighted by Gasteiger charge is 2.34. The van der Waals surface area contributed by atoms with Crippen LogP contribution in [0.1, 0.15) is 32.8 Å². The first kappa shape index (κ1) is 19.5. The SMILES string of the molecule is CC(C)(C)CC(=O)NCCN1C(=O)S/C(=C/c2ccc(Cl)cc2)C1=O. The van der Waals surface area contributed by atoms with Gasteiger partial charge >= 0.3 is 0 Å². The van der Waals surface area contributed by atoms with Crippen LogP contribution in [0.2, 0.25) is 5.02 Å². The Morgan fingerprint density at radius 2 is 1.88 bits per heavy atom. The molecule has 1 fully saturated rings. The molecule has 0 aromatic heterocycles. The van der Waals surface area contributed by atoms with Gasteiger partial charge in [-0.3, -0.25) is 19.3 Å². The number of carbonyl (C=O) groups is 3. The molecule has 2 rings (SSSR count). The van der Waals surface area contributed by atoms with Crippen molar-refractivity contribution in [1.82, 2.24) is 10.2 Å². The van der Waals surface area contributed by atoms with Crippen LogP contribution in [0.3, 0.4) is 0 Å². The third-order valence-electron chi connectivity index (χ3n) is 3.39. The first-order chi connectivity index (χ1) is 11.7. The molecular formula is C18H21ClN2O3S. The lowest BCUT2D eigenvalue weighted by Gasteiger charge is -2.18. The van der Waals surface area contributed by atoms with Crippen molar-refractivity contribution >= 4 is 46.5 Å². The molecule has 1 aromatic carbocycles. The van der Waals surface area contributed by atoms with Crippen LogP contribution in [0.4, 0.5) is 4.79 Å². The molecule has 0 unspecified atom stereocenters. The van der Waals surface area contributed by atoms with Gasteiger partial charge in [-0.2, -0.15) is 0 Å². The highest BCUT2D eigenvalue weighted by atomic mass is 35.5. The lowest BCUT2D eigenvalue weighted by atomic mass is 9.92. The monoisotopic (exact) mass is 380 g/mol. The Hall–Kier alpha value is -1.79. The first-order valence-corrected chi connectivity index (χ1v) is 9.13. The normalized spacial score (nSPS) is 16.6. The molecule has 3 amide bonds. The molecule has 1 saturated heterocycles. The van der Waals surface area contributed by atoms with E-state index in [-0.39, 0.29) is 35.6 Å². The molecule has 0 atom stereocenters. The number of hydrogen-bond donors (Lipinski definition) is 1. The summed E-state index contributed by atoms with van der Waals surface area (Å²) in [6, 6.07) is 7.01. The summed E-state index contributed by atoms with van der Waals surface area (Å²) in [5, 5.41) is 3.03. The number of amides is 3. The minimum absolute atomic E-state index is 0.0869. The summed E-state index contributed by atoms with van der Waals surface area (Å²) in [5.41, 5.74) is 0.696. The molecule has 0 aliphatic carbocycles. The van der Waals surface area contributed by atoms with Gasteiger partial charge in [0.1, 0.15) is 0 Å². The Bertz CT molecular complexity index is 708. The van der Waals surface area contributed by atoms with Crippen molar-refractivity contribution in [1.29, 1.82) is 0 Å². The molecule has 1 aliphatic rings. The van der Waals surface area contributed by atoms with E-state index in [1.807, 2.05) is 20.8 Å². The van der Waals surface area contributed by atoms with E-state index in [0.717, 1.165) is 22.2 Å². The smallest absolute Gasteiger partial charge is 0.293 e. The molecule has 1 aromatic rings. The fourth-order valence-electron chi connectivity index (χ4n) is 2.25. The minimum atomic E-state index is -0.338. The Labute approximate surface area is 156 Å². The molecule has 134 valence electrons.